The molecular weight excluding hydrogens is 248 g/mol. The van der Waals surface area contributed by atoms with Crippen LogP contribution in [-0.4, -0.2) is 46.9 Å². The molecule has 0 heterocycles. The minimum absolute atomic E-state index is 0.0308. The fourth-order valence-corrected chi connectivity index (χ4v) is 1.12. The predicted molar refractivity (Wildman–Crippen MR) is 62.4 cm³/mol. The largest absolute Gasteiger partial charge is 0.422 e. The number of rotatable bonds is 8. The molecule has 0 bridgehead atoms. The predicted octanol–water partition coefficient (Wildman–Crippen LogP) is -0.128. The van der Waals surface area contributed by atoms with E-state index in [-0.39, 0.29) is 18.6 Å². The van der Waals surface area contributed by atoms with Crippen LogP contribution in [0.4, 0.5) is 0 Å². The van der Waals surface area contributed by atoms with E-state index in [1.807, 2.05) is 0 Å². The lowest BCUT2D eigenvalue weighted by molar-refractivity contribution is -0.210. The second-order valence-corrected chi connectivity index (χ2v) is 3.77. The lowest BCUT2D eigenvalue weighted by Crippen LogP contribution is -2.38. The van der Waals surface area contributed by atoms with Crippen molar-refractivity contribution < 1.29 is 29.3 Å². The summed E-state index contributed by atoms with van der Waals surface area (Å²) in [4.78, 5) is 22.3. The third kappa shape index (κ3) is 7.19. The van der Waals surface area contributed by atoms with Gasteiger partial charge in [0.2, 0.25) is 0 Å². The number of esters is 2. The zero-order valence-electron chi connectivity index (χ0n) is 9.66. The van der Waals surface area contributed by atoms with E-state index in [0.29, 0.717) is 6.42 Å². The van der Waals surface area contributed by atoms with Gasteiger partial charge >= 0.3 is 11.9 Å². The molecule has 0 aromatic carbocycles. The van der Waals surface area contributed by atoms with E-state index in [4.69, 9.17) is 14.6 Å². The van der Waals surface area contributed by atoms with Gasteiger partial charge in [-0.15, -0.1) is 0 Å². The molecular formula is C10H18O6S. The molecule has 0 rings (SSSR count). The van der Waals surface area contributed by atoms with Crippen molar-refractivity contribution in [1.82, 2.24) is 0 Å². The van der Waals surface area contributed by atoms with Crippen molar-refractivity contribution in [3.05, 3.63) is 0 Å². The minimum atomic E-state index is -1.47. The molecule has 17 heavy (non-hydrogen) atoms. The highest BCUT2D eigenvalue weighted by atomic mass is 32.1. The van der Waals surface area contributed by atoms with Gasteiger partial charge in [0.15, 0.2) is 6.10 Å². The van der Waals surface area contributed by atoms with Crippen LogP contribution in [0.5, 0.6) is 0 Å². The van der Waals surface area contributed by atoms with Gasteiger partial charge in [0.1, 0.15) is 0 Å². The lowest BCUT2D eigenvalue weighted by atomic mass is 10.3. The molecule has 6 nitrogen and oxygen atoms in total. The molecule has 0 aromatic heterocycles. The Hall–Kier alpha value is -0.790. The fourth-order valence-electron chi connectivity index (χ4n) is 0.940. The summed E-state index contributed by atoms with van der Waals surface area (Å²) in [7, 11) is 0. The Morgan fingerprint density at radius 1 is 1.24 bits per heavy atom. The molecule has 0 aromatic rings. The SMILES string of the molecule is CCCC(=O)OC(OC(=O)CCS)C(O)CO. The summed E-state index contributed by atoms with van der Waals surface area (Å²) in [6.07, 6.45) is -2.15. The van der Waals surface area contributed by atoms with Gasteiger partial charge in [-0.2, -0.15) is 12.6 Å². The molecule has 0 saturated heterocycles. The summed E-state index contributed by atoms with van der Waals surface area (Å²) in [5.74, 6) is -0.964. The number of hydrogen-bond donors (Lipinski definition) is 3. The zero-order chi connectivity index (χ0) is 13.3. The highest BCUT2D eigenvalue weighted by molar-refractivity contribution is 7.80. The molecule has 100 valence electrons. The van der Waals surface area contributed by atoms with E-state index in [0.717, 1.165) is 0 Å². The van der Waals surface area contributed by atoms with Gasteiger partial charge in [0.05, 0.1) is 13.0 Å². The molecule has 0 aliphatic carbocycles. The molecule has 0 amide bonds. The molecule has 2 N–H and O–H groups in total. The standard InChI is InChI=1S/C10H18O6S/c1-2-3-8(13)15-10(7(12)6-11)16-9(14)4-5-17/h7,10-12,17H,2-6H2,1H3. The summed E-state index contributed by atoms with van der Waals surface area (Å²) in [5, 5.41) is 18.1. The monoisotopic (exact) mass is 266 g/mol. The summed E-state index contributed by atoms with van der Waals surface area (Å²) < 4.78 is 9.46. The van der Waals surface area contributed by atoms with E-state index >= 15 is 0 Å². The molecule has 0 aliphatic heterocycles. The van der Waals surface area contributed by atoms with Gasteiger partial charge in [-0.1, -0.05) is 6.92 Å². The number of carbonyl (C=O) groups excluding carboxylic acids is 2. The number of ether oxygens (including phenoxy) is 2. The molecule has 2 atom stereocenters. The number of hydrogen-bond acceptors (Lipinski definition) is 7. The van der Waals surface area contributed by atoms with Crippen molar-refractivity contribution in [2.75, 3.05) is 12.4 Å². The van der Waals surface area contributed by atoms with Crippen LogP contribution >= 0.6 is 12.6 Å². The first-order valence-electron chi connectivity index (χ1n) is 5.33. The van der Waals surface area contributed by atoms with E-state index in [1.54, 1.807) is 6.92 Å². The average Bonchev–Trinajstić information content (AvgIpc) is 2.27. The van der Waals surface area contributed by atoms with Crippen LogP contribution in [0.25, 0.3) is 0 Å². The minimum Gasteiger partial charge on any atom is -0.422 e. The van der Waals surface area contributed by atoms with Crippen molar-refractivity contribution in [3.8, 4) is 0 Å². The number of thiol groups is 1. The number of aliphatic hydroxyl groups excluding tert-OH is 2. The normalized spacial score (nSPS) is 13.9. The second-order valence-electron chi connectivity index (χ2n) is 3.32. The van der Waals surface area contributed by atoms with E-state index < -0.39 is 30.9 Å². The zero-order valence-corrected chi connectivity index (χ0v) is 10.6. The Labute approximate surface area is 105 Å². The first-order chi connectivity index (χ1) is 8.04. The number of carbonyl (C=O) groups is 2. The van der Waals surface area contributed by atoms with Crippen molar-refractivity contribution in [2.24, 2.45) is 0 Å². The molecule has 0 aliphatic rings. The summed E-state index contributed by atoms with van der Waals surface area (Å²) in [6, 6.07) is 0. The van der Waals surface area contributed by atoms with Crippen molar-refractivity contribution in [3.63, 3.8) is 0 Å². The third-order valence-corrected chi connectivity index (χ3v) is 1.99. The van der Waals surface area contributed by atoms with Crippen LogP contribution in [0.1, 0.15) is 26.2 Å². The molecule has 0 saturated carbocycles. The number of aliphatic hydroxyl groups is 2. The second kappa shape index (κ2) is 9.26. The van der Waals surface area contributed by atoms with Crippen LogP contribution in [0, 0.1) is 0 Å². The lowest BCUT2D eigenvalue weighted by Gasteiger charge is -2.21. The highest BCUT2D eigenvalue weighted by Gasteiger charge is 2.26. The van der Waals surface area contributed by atoms with Crippen LogP contribution in [0.3, 0.4) is 0 Å². The van der Waals surface area contributed by atoms with Crippen molar-refractivity contribution in [1.29, 1.82) is 0 Å². The third-order valence-electron chi connectivity index (χ3n) is 1.77. The van der Waals surface area contributed by atoms with Crippen molar-refractivity contribution >= 4 is 24.6 Å². The maximum atomic E-state index is 11.2. The van der Waals surface area contributed by atoms with Crippen LogP contribution in [0.15, 0.2) is 0 Å². The average molecular weight is 266 g/mol. The van der Waals surface area contributed by atoms with Gasteiger partial charge < -0.3 is 19.7 Å². The maximum absolute atomic E-state index is 11.2. The summed E-state index contributed by atoms with van der Waals surface area (Å²) in [6.45, 7) is 1.11. The highest BCUT2D eigenvalue weighted by Crippen LogP contribution is 2.06. The van der Waals surface area contributed by atoms with Gasteiger partial charge in [0.25, 0.3) is 6.29 Å². The Bertz CT molecular complexity index is 225. The fraction of sp³-hybridized carbons (Fsp3) is 0.800. The van der Waals surface area contributed by atoms with E-state index in [2.05, 4.69) is 12.6 Å². The Balaban J connectivity index is 4.33. The van der Waals surface area contributed by atoms with Gasteiger partial charge in [-0.3, -0.25) is 9.59 Å². The smallest absolute Gasteiger partial charge is 0.309 e. The van der Waals surface area contributed by atoms with Crippen LogP contribution in [-0.2, 0) is 19.1 Å². The summed E-state index contributed by atoms with van der Waals surface area (Å²) >= 11 is 3.84. The van der Waals surface area contributed by atoms with Gasteiger partial charge in [-0.05, 0) is 6.42 Å². The van der Waals surface area contributed by atoms with Crippen molar-refractivity contribution in [2.45, 2.75) is 38.6 Å². The van der Waals surface area contributed by atoms with Crippen LogP contribution in [0.2, 0.25) is 0 Å². The van der Waals surface area contributed by atoms with Gasteiger partial charge in [-0.25, -0.2) is 0 Å². The molecule has 0 radical (unpaired) electrons. The Morgan fingerprint density at radius 3 is 2.18 bits per heavy atom. The topological polar surface area (TPSA) is 93.1 Å². The summed E-state index contributed by atoms with van der Waals surface area (Å²) in [5.41, 5.74) is 0. The first-order valence-corrected chi connectivity index (χ1v) is 5.97. The van der Waals surface area contributed by atoms with Gasteiger partial charge in [0, 0.05) is 12.2 Å². The van der Waals surface area contributed by atoms with Crippen LogP contribution < -0.4 is 0 Å². The first kappa shape index (κ1) is 16.2. The Morgan fingerprint density at radius 2 is 1.76 bits per heavy atom. The quantitative estimate of drug-likeness (QED) is 0.322. The van der Waals surface area contributed by atoms with E-state index in [1.165, 1.54) is 0 Å². The molecule has 0 spiro atoms. The maximum Gasteiger partial charge on any atom is 0.309 e. The molecule has 0 fully saturated rings. The Kier molecular flexibility index (Phi) is 8.83. The molecule has 7 heteroatoms. The van der Waals surface area contributed by atoms with E-state index in [9.17, 15) is 14.7 Å². The molecule has 2 unspecified atom stereocenters.